The summed E-state index contributed by atoms with van der Waals surface area (Å²) >= 11 is 0. The van der Waals surface area contributed by atoms with Crippen LogP contribution in [0, 0.1) is 0 Å². The van der Waals surface area contributed by atoms with Crippen LogP contribution in [0.15, 0.2) is 0 Å². The predicted molar refractivity (Wildman–Crippen MR) is 64.2 cm³/mol. The highest BCUT2D eigenvalue weighted by Gasteiger charge is 2.48. The molecule has 0 unspecified atom stereocenters. The molecular weight excluding hydrogens is 188 g/mol. The van der Waals surface area contributed by atoms with Crippen molar-refractivity contribution < 1.29 is 4.74 Å². The van der Waals surface area contributed by atoms with Gasteiger partial charge < -0.3 is 10.1 Å². The lowest BCUT2D eigenvalue weighted by Gasteiger charge is -2.55. The molecule has 2 saturated heterocycles. The van der Waals surface area contributed by atoms with E-state index in [-0.39, 0.29) is 11.2 Å². The summed E-state index contributed by atoms with van der Waals surface area (Å²) in [5, 5.41) is 3.46. The van der Waals surface area contributed by atoms with E-state index in [0.29, 0.717) is 0 Å². The molecule has 0 aliphatic carbocycles. The van der Waals surface area contributed by atoms with Gasteiger partial charge in [0.2, 0.25) is 0 Å². The van der Waals surface area contributed by atoms with Crippen LogP contribution in [0.5, 0.6) is 0 Å². The molecule has 0 radical (unpaired) electrons. The lowest BCUT2D eigenvalue weighted by atomic mass is 9.90. The van der Waals surface area contributed by atoms with E-state index >= 15 is 0 Å². The van der Waals surface area contributed by atoms with Crippen LogP contribution in [0.3, 0.4) is 0 Å². The van der Waals surface area contributed by atoms with Gasteiger partial charge in [0.05, 0.1) is 5.60 Å². The van der Waals surface area contributed by atoms with Crippen molar-refractivity contribution in [1.82, 2.24) is 10.2 Å². The first kappa shape index (κ1) is 12.9. The molecule has 15 heavy (non-hydrogen) atoms. The highest BCUT2D eigenvalue weighted by Crippen LogP contribution is 2.31. The van der Waals surface area contributed by atoms with Crippen LogP contribution in [0.4, 0.5) is 0 Å². The Balaban J connectivity index is 0.000000531. The number of hydrogen-bond donors (Lipinski definition) is 1. The van der Waals surface area contributed by atoms with E-state index in [2.05, 4.69) is 31.0 Å². The van der Waals surface area contributed by atoms with Gasteiger partial charge in [-0.05, 0) is 20.4 Å². The number of nitrogens with zero attached hydrogens (tertiary/aromatic N) is 1. The van der Waals surface area contributed by atoms with Gasteiger partial charge in [-0.2, -0.15) is 0 Å². The molecule has 2 aliphatic heterocycles. The van der Waals surface area contributed by atoms with Gasteiger partial charge >= 0.3 is 0 Å². The fraction of sp³-hybridized carbons (Fsp3) is 1.00. The SMILES string of the molecule is CC.CCN1CC2(CNCC(C)(C)O2)C1. The van der Waals surface area contributed by atoms with Crippen molar-refractivity contribution in [1.29, 1.82) is 0 Å². The molecule has 0 aromatic rings. The standard InChI is InChI=1S/C10H20N2O.C2H6/c1-4-12-7-10(8-12)6-11-5-9(2,3)13-10;1-2/h11H,4-8H2,1-3H3;1-2H3. The summed E-state index contributed by atoms with van der Waals surface area (Å²) in [4.78, 5) is 2.42. The maximum Gasteiger partial charge on any atom is 0.107 e. The molecule has 0 amide bonds. The maximum absolute atomic E-state index is 6.13. The van der Waals surface area contributed by atoms with E-state index in [1.54, 1.807) is 0 Å². The van der Waals surface area contributed by atoms with Crippen LogP contribution in [-0.2, 0) is 4.74 Å². The van der Waals surface area contributed by atoms with Gasteiger partial charge in [0.25, 0.3) is 0 Å². The van der Waals surface area contributed by atoms with E-state index in [1.807, 2.05) is 13.8 Å². The fourth-order valence-corrected chi connectivity index (χ4v) is 2.42. The van der Waals surface area contributed by atoms with Crippen molar-refractivity contribution in [3.63, 3.8) is 0 Å². The molecule has 2 rings (SSSR count). The van der Waals surface area contributed by atoms with Gasteiger partial charge in [0, 0.05) is 26.2 Å². The number of hydrogen-bond acceptors (Lipinski definition) is 3. The molecule has 3 nitrogen and oxygen atoms in total. The monoisotopic (exact) mass is 214 g/mol. The molecule has 3 heteroatoms. The summed E-state index contributed by atoms with van der Waals surface area (Å²) in [6.07, 6.45) is 0. The third-order valence-corrected chi connectivity index (χ3v) is 2.96. The average molecular weight is 214 g/mol. The van der Waals surface area contributed by atoms with Gasteiger partial charge in [-0.25, -0.2) is 0 Å². The van der Waals surface area contributed by atoms with E-state index in [0.717, 1.165) is 32.7 Å². The second kappa shape index (κ2) is 4.81. The highest BCUT2D eigenvalue weighted by molar-refractivity contribution is 5.03. The quantitative estimate of drug-likeness (QED) is 0.715. The Morgan fingerprint density at radius 2 is 1.80 bits per heavy atom. The first-order valence-electron chi connectivity index (χ1n) is 6.19. The lowest BCUT2D eigenvalue weighted by Crippen LogP contribution is -2.72. The Hall–Kier alpha value is -0.120. The Morgan fingerprint density at radius 3 is 2.27 bits per heavy atom. The minimum atomic E-state index is 0.0120. The summed E-state index contributed by atoms with van der Waals surface area (Å²) in [5.41, 5.74) is 0.135. The van der Waals surface area contributed by atoms with Crippen molar-refractivity contribution in [3.05, 3.63) is 0 Å². The number of ether oxygens (including phenoxy) is 1. The van der Waals surface area contributed by atoms with Crippen LogP contribution < -0.4 is 5.32 Å². The Kier molecular flexibility index (Phi) is 4.15. The number of nitrogens with one attached hydrogen (secondary N) is 1. The fourth-order valence-electron chi connectivity index (χ4n) is 2.42. The van der Waals surface area contributed by atoms with Gasteiger partial charge in [0.15, 0.2) is 0 Å². The highest BCUT2D eigenvalue weighted by atomic mass is 16.5. The van der Waals surface area contributed by atoms with Crippen LogP contribution in [0.1, 0.15) is 34.6 Å². The topological polar surface area (TPSA) is 24.5 Å². The van der Waals surface area contributed by atoms with E-state index in [4.69, 9.17) is 4.74 Å². The first-order valence-corrected chi connectivity index (χ1v) is 6.19. The molecule has 1 N–H and O–H groups in total. The number of likely N-dealkylation sites (tertiary alicyclic amines) is 1. The van der Waals surface area contributed by atoms with Crippen molar-refractivity contribution >= 4 is 0 Å². The molecule has 0 bridgehead atoms. The zero-order valence-corrected chi connectivity index (χ0v) is 10.9. The van der Waals surface area contributed by atoms with E-state index in [1.165, 1.54) is 0 Å². The largest absolute Gasteiger partial charge is 0.364 e. The molecule has 1 spiro atoms. The van der Waals surface area contributed by atoms with Gasteiger partial charge in [-0.15, -0.1) is 0 Å². The van der Waals surface area contributed by atoms with E-state index < -0.39 is 0 Å². The van der Waals surface area contributed by atoms with Crippen LogP contribution in [0.2, 0.25) is 0 Å². The molecule has 0 atom stereocenters. The van der Waals surface area contributed by atoms with Crippen LogP contribution in [0.25, 0.3) is 0 Å². The number of rotatable bonds is 1. The molecular formula is C12H26N2O. The third-order valence-electron chi connectivity index (χ3n) is 2.96. The Bertz CT molecular complexity index is 198. The lowest BCUT2D eigenvalue weighted by molar-refractivity contribution is -0.219. The zero-order valence-electron chi connectivity index (χ0n) is 10.9. The smallest absolute Gasteiger partial charge is 0.107 e. The molecule has 0 aromatic heterocycles. The molecule has 2 heterocycles. The minimum absolute atomic E-state index is 0.0120. The molecule has 0 saturated carbocycles. The van der Waals surface area contributed by atoms with Crippen LogP contribution in [-0.4, -0.2) is 48.8 Å². The molecule has 2 fully saturated rings. The average Bonchev–Trinajstić information content (AvgIpc) is 2.15. The number of likely N-dealkylation sites (N-methyl/N-ethyl adjacent to an activating group) is 1. The van der Waals surface area contributed by atoms with Crippen molar-refractivity contribution in [2.75, 3.05) is 32.7 Å². The molecule has 2 aliphatic rings. The normalized spacial score (nSPS) is 27.8. The molecule has 90 valence electrons. The van der Waals surface area contributed by atoms with Crippen molar-refractivity contribution in [3.8, 4) is 0 Å². The van der Waals surface area contributed by atoms with Crippen molar-refractivity contribution in [2.45, 2.75) is 45.8 Å². The summed E-state index contributed by atoms with van der Waals surface area (Å²) in [5.74, 6) is 0. The van der Waals surface area contributed by atoms with Crippen molar-refractivity contribution in [2.24, 2.45) is 0 Å². The number of morpholine rings is 1. The second-order valence-electron chi connectivity index (χ2n) is 4.95. The summed E-state index contributed by atoms with van der Waals surface area (Å²) in [7, 11) is 0. The summed E-state index contributed by atoms with van der Waals surface area (Å²) in [6.45, 7) is 15.9. The first-order chi connectivity index (χ1) is 7.05. The van der Waals surface area contributed by atoms with E-state index in [9.17, 15) is 0 Å². The Morgan fingerprint density at radius 1 is 1.20 bits per heavy atom. The summed E-state index contributed by atoms with van der Waals surface area (Å²) in [6, 6.07) is 0. The second-order valence-corrected chi connectivity index (χ2v) is 4.95. The molecule has 0 aromatic carbocycles. The van der Waals surface area contributed by atoms with Gasteiger partial charge in [0.1, 0.15) is 5.60 Å². The predicted octanol–water partition coefficient (Wildman–Crippen LogP) is 1.49. The van der Waals surface area contributed by atoms with Gasteiger partial charge in [-0.1, -0.05) is 20.8 Å². The van der Waals surface area contributed by atoms with Crippen LogP contribution >= 0.6 is 0 Å². The van der Waals surface area contributed by atoms with Gasteiger partial charge in [-0.3, -0.25) is 4.90 Å². The summed E-state index contributed by atoms with van der Waals surface area (Å²) < 4.78 is 6.13. The minimum Gasteiger partial charge on any atom is -0.364 e. The Labute approximate surface area is 94.2 Å². The maximum atomic E-state index is 6.13. The zero-order chi connectivity index (χ0) is 11.5. The third kappa shape index (κ3) is 2.92.